The molecule has 1 aromatic rings. The Hall–Kier alpha value is 0.140. The number of benzene rings is 1. The van der Waals surface area contributed by atoms with Gasteiger partial charge in [-0.3, -0.25) is 0 Å². The van der Waals surface area contributed by atoms with E-state index < -0.39 is 0 Å². The maximum absolute atomic E-state index is 3.70. The van der Waals surface area contributed by atoms with Gasteiger partial charge in [-0.1, -0.05) is 71.7 Å². The van der Waals surface area contributed by atoms with Crippen LogP contribution < -0.4 is 5.32 Å². The van der Waals surface area contributed by atoms with Gasteiger partial charge in [-0.15, -0.1) is 0 Å². The number of hydrogen-bond acceptors (Lipinski definition) is 1. The van der Waals surface area contributed by atoms with E-state index in [1.54, 1.807) is 0 Å². The first kappa shape index (κ1) is 17.2. The summed E-state index contributed by atoms with van der Waals surface area (Å²) in [7, 11) is 0. The highest BCUT2D eigenvalue weighted by molar-refractivity contribution is 9.10. The summed E-state index contributed by atoms with van der Waals surface area (Å²) in [6.45, 7) is 10.1. The zero-order valence-corrected chi connectivity index (χ0v) is 15.5. The lowest BCUT2D eigenvalue weighted by molar-refractivity contribution is 0.337. The Kier molecular flexibility index (Phi) is 7.63. The molecule has 0 heterocycles. The predicted octanol–water partition coefficient (Wildman–Crippen LogP) is 5.50. The highest BCUT2D eigenvalue weighted by atomic mass is 79.9. The molecule has 0 aliphatic carbocycles. The number of hydrogen-bond donors (Lipinski definition) is 1. The molecule has 19 heavy (non-hydrogen) atoms. The van der Waals surface area contributed by atoms with Gasteiger partial charge in [0, 0.05) is 22.4 Å². The molecule has 0 aromatic heterocycles. The van der Waals surface area contributed by atoms with Crippen molar-refractivity contribution in [1.82, 2.24) is 5.32 Å². The van der Waals surface area contributed by atoms with Crippen LogP contribution in [0.5, 0.6) is 0 Å². The Morgan fingerprint density at radius 3 is 2.32 bits per heavy atom. The lowest BCUT2D eigenvalue weighted by Gasteiger charge is -2.24. The summed E-state index contributed by atoms with van der Waals surface area (Å²) in [6.07, 6.45) is 1.23. The summed E-state index contributed by atoms with van der Waals surface area (Å²) in [4.78, 5) is 0. The standard InChI is InChI=1S/C16H25Br2N/c1-11(2)7-16(12(3)4)19-10-13-5-6-14(9-17)15(18)8-13/h5-6,8,11-12,16,19H,7,9-10H2,1-4H3. The lowest BCUT2D eigenvalue weighted by Crippen LogP contribution is -2.34. The molecule has 108 valence electrons. The summed E-state index contributed by atoms with van der Waals surface area (Å²) in [6, 6.07) is 7.20. The molecule has 0 saturated carbocycles. The first-order valence-corrected chi connectivity index (χ1v) is 8.92. The quantitative estimate of drug-likeness (QED) is 0.605. The number of nitrogens with one attached hydrogen (secondary N) is 1. The number of rotatable bonds is 7. The van der Waals surface area contributed by atoms with Gasteiger partial charge in [-0.05, 0) is 35.4 Å². The van der Waals surface area contributed by atoms with Gasteiger partial charge in [0.25, 0.3) is 0 Å². The van der Waals surface area contributed by atoms with Crippen LogP contribution in [0.15, 0.2) is 22.7 Å². The Balaban J connectivity index is 2.61. The van der Waals surface area contributed by atoms with E-state index >= 15 is 0 Å². The van der Waals surface area contributed by atoms with Crippen molar-refractivity contribution in [1.29, 1.82) is 0 Å². The average molecular weight is 391 g/mol. The highest BCUT2D eigenvalue weighted by Crippen LogP contribution is 2.21. The fourth-order valence-electron chi connectivity index (χ4n) is 2.16. The molecule has 1 aromatic carbocycles. The van der Waals surface area contributed by atoms with Gasteiger partial charge in [0.15, 0.2) is 0 Å². The molecule has 0 spiro atoms. The molecule has 0 fully saturated rings. The molecule has 1 N–H and O–H groups in total. The van der Waals surface area contributed by atoms with Crippen molar-refractivity contribution in [2.24, 2.45) is 11.8 Å². The predicted molar refractivity (Wildman–Crippen MR) is 91.7 cm³/mol. The van der Waals surface area contributed by atoms with E-state index in [9.17, 15) is 0 Å². The summed E-state index contributed by atoms with van der Waals surface area (Å²) in [5, 5.41) is 4.59. The smallest absolute Gasteiger partial charge is 0.0294 e. The molecule has 0 aliphatic rings. The molecular formula is C16H25Br2N. The molecule has 0 bridgehead atoms. The largest absolute Gasteiger partial charge is 0.310 e. The molecule has 3 heteroatoms. The van der Waals surface area contributed by atoms with Crippen molar-refractivity contribution in [3.8, 4) is 0 Å². The Labute approximate surface area is 134 Å². The number of halogens is 2. The molecule has 0 radical (unpaired) electrons. The lowest BCUT2D eigenvalue weighted by atomic mass is 9.94. The minimum Gasteiger partial charge on any atom is -0.310 e. The second-order valence-corrected chi connectivity index (χ2v) is 7.34. The van der Waals surface area contributed by atoms with E-state index in [-0.39, 0.29) is 0 Å². The molecule has 0 aliphatic heterocycles. The fraction of sp³-hybridized carbons (Fsp3) is 0.625. The third-order valence-corrected chi connectivity index (χ3v) is 4.70. The normalized spacial score (nSPS) is 13.3. The highest BCUT2D eigenvalue weighted by Gasteiger charge is 2.14. The summed E-state index contributed by atoms with van der Waals surface area (Å²) in [5.74, 6) is 1.41. The Morgan fingerprint density at radius 1 is 1.16 bits per heavy atom. The zero-order chi connectivity index (χ0) is 14.4. The van der Waals surface area contributed by atoms with Crippen LogP contribution in [-0.2, 0) is 11.9 Å². The van der Waals surface area contributed by atoms with Gasteiger partial charge in [0.05, 0.1) is 0 Å². The van der Waals surface area contributed by atoms with Crippen LogP contribution in [0.3, 0.4) is 0 Å². The summed E-state index contributed by atoms with van der Waals surface area (Å²) in [5.41, 5.74) is 2.64. The Bertz CT molecular complexity index is 388. The minimum atomic E-state index is 0.592. The Morgan fingerprint density at radius 2 is 1.84 bits per heavy atom. The van der Waals surface area contributed by atoms with Gasteiger partial charge in [-0.25, -0.2) is 0 Å². The average Bonchev–Trinajstić information content (AvgIpc) is 2.34. The molecular weight excluding hydrogens is 366 g/mol. The van der Waals surface area contributed by atoms with Crippen molar-refractivity contribution >= 4 is 31.9 Å². The number of alkyl halides is 1. The minimum absolute atomic E-state index is 0.592. The molecule has 1 atom stereocenters. The van der Waals surface area contributed by atoms with E-state index in [1.165, 1.54) is 22.0 Å². The van der Waals surface area contributed by atoms with Crippen LogP contribution >= 0.6 is 31.9 Å². The molecule has 1 nitrogen and oxygen atoms in total. The van der Waals surface area contributed by atoms with Crippen LogP contribution in [-0.4, -0.2) is 6.04 Å². The van der Waals surface area contributed by atoms with E-state index in [2.05, 4.69) is 83.1 Å². The maximum Gasteiger partial charge on any atom is 0.0294 e. The zero-order valence-electron chi connectivity index (χ0n) is 12.3. The van der Waals surface area contributed by atoms with Gasteiger partial charge < -0.3 is 5.32 Å². The van der Waals surface area contributed by atoms with E-state index in [1.807, 2.05) is 0 Å². The first-order valence-electron chi connectivity index (χ1n) is 7.00. The second-order valence-electron chi connectivity index (χ2n) is 5.92. The van der Waals surface area contributed by atoms with E-state index in [4.69, 9.17) is 0 Å². The van der Waals surface area contributed by atoms with Crippen molar-refractivity contribution in [2.45, 2.75) is 52.0 Å². The molecule has 0 amide bonds. The van der Waals surface area contributed by atoms with Gasteiger partial charge in [-0.2, -0.15) is 0 Å². The summed E-state index contributed by atoms with van der Waals surface area (Å²) >= 11 is 7.12. The van der Waals surface area contributed by atoms with Crippen molar-refractivity contribution < 1.29 is 0 Å². The first-order chi connectivity index (χ1) is 8.93. The molecule has 1 unspecified atom stereocenters. The van der Waals surface area contributed by atoms with E-state index in [0.717, 1.165) is 17.8 Å². The third kappa shape index (κ3) is 5.97. The van der Waals surface area contributed by atoms with Gasteiger partial charge in [0.2, 0.25) is 0 Å². The topological polar surface area (TPSA) is 12.0 Å². The molecule has 1 rings (SSSR count). The summed E-state index contributed by atoms with van der Waals surface area (Å²) < 4.78 is 1.19. The molecule has 0 saturated heterocycles. The van der Waals surface area contributed by atoms with Crippen LogP contribution in [0.4, 0.5) is 0 Å². The fourth-order valence-corrected chi connectivity index (χ4v) is 3.59. The van der Waals surface area contributed by atoms with Crippen LogP contribution in [0.25, 0.3) is 0 Å². The van der Waals surface area contributed by atoms with Crippen molar-refractivity contribution in [3.05, 3.63) is 33.8 Å². The van der Waals surface area contributed by atoms with Gasteiger partial charge >= 0.3 is 0 Å². The van der Waals surface area contributed by atoms with Crippen molar-refractivity contribution in [3.63, 3.8) is 0 Å². The SMILES string of the molecule is CC(C)CC(NCc1ccc(CBr)c(Br)c1)C(C)C. The third-order valence-electron chi connectivity index (χ3n) is 3.36. The maximum atomic E-state index is 3.70. The second kappa shape index (κ2) is 8.43. The van der Waals surface area contributed by atoms with E-state index in [0.29, 0.717) is 12.0 Å². The monoisotopic (exact) mass is 389 g/mol. The van der Waals surface area contributed by atoms with Crippen LogP contribution in [0.2, 0.25) is 0 Å². The van der Waals surface area contributed by atoms with Crippen LogP contribution in [0.1, 0.15) is 45.2 Å². The van der Waals surface area contributed by atoms with Crippen LogP contribution in [0, 0.1) is 11.8 Å². The van der Waals surface area contributed by atoms with Gasteiger partial charge in [0.1, 0.15) is 0 Å². The van der Waals surface area contributed by atoms with Crippen molar-refractivity contribution in [2.75, 3.05) is 0 Å².